The minimum absolute atomic E-state index is 0.188. The number of aromatic nitrogens is 4. The van der Waals surface area contributed by atoms with Crippen molar-refractivity contribution >= 4 is 44.6 Å². The molecule has 9 nitrogen and oxygen atoms in total. The molecule has 1 amide bonds. The molecule has 1 aromatic carbocycles. The molecule has 1 N–H and O–H groups in total. The van der Waals surface area contributed by atoms with Gasteiger partial charge in [-0.2, -0.15) is 0 Å². The minimum Gasteiger partial charge on any atom is -0.383 e. The van der Waals surface area contributed by atoms with Gasteiger partial charge in [-0.25, -0.2) is 15.0 Å². The van der Waals surface area contributed by atoms with Gasteiger partial charge >= 0.3 is 0 Å². The molecule has 0 atom stereocenters. The number of piperazine rings is 1. The number of nitrogens with zero attached hydrogens (tertiary/aromatic N) is 6. The molecule has 0 aliphatic carbocycles. The van der Waals surface area contributed by atoms with Crippen molar-refractivity contribution in [2.45, 2.75) is 13.5 Å². The van der Waals surface area contributed by atoms with Gasteiger partial charge in [0, 0.05) is 76.1 Å². The Kier molecular flexibility index (Phi) is 8.40. The van der Waals surface area contributed by atoms with E-state index in [4.69, 9.17) is 14.7 Å². The second kappa shape index (κ2) is 12.5. The SMILES string of the molecule is COCCN1CCN(Cc2cnc3sc(-c4ccccc4NC(=O)c4sc(-c5cccnc5)nc4C)nc3c2)CC1. The first-order valence-corrected chi connectivity index (χ1v) is 15.2. The molecule has 0 radical (unpaired) electrons. The van der Waals surface area contributed by atoms with Crippen LogP contribution in [0.25, 0.3) is 31.5 Å². The van der Waals surface area contributed by atoms with Gasteiger partial charge in [0.25, 0.3) is 5.91 Å². The van der Waals surface area contributed by atoms with Crippen LogP contribution < -0.4 is 5.32 Å². The van der Waals surface area contributed by atoms with Gasteiger partial charge in [0.1, 0.15) is 25.2 Å². The number of para-hydroxylation sites is 1. The van der Waals surface area contributed by atoms with E-state index in [-0.39, 0.29) is 5.91 Å². The largest absolute Gasteiger partial charge is 0.383 e. The molecule has 0 saturated carbocycles. The molecule has 0 bridgehead atoms. The number of aryl methyl sites for hydroxylation is 1. The number of hydrogen-bond acceptors (Lipinski definition) is 10. The Hall–Kier alpha value is -3.61. The first kappa shape index (κ1) is 27.6. The third-order valence-corrected chi connectivity index (χ3v) is 9.32. The zero-order chi connectivity index (χ0) is 28.2. The van der Waals surface area contributed by atoms with E-state index in [9.17, 15) is 4.79 Å². The number of carbonyl (C=O) groups excluding carboxylic acids is 1. The van der Waals surface area contributed by atoms with Gasteiger partial charge in [0.2, 0.25) is 0 Å². The van der Waals surface area contributed by atoms with Crippen LogP contribution in [0, 0.1) is 6.92 Å². The first-order valence-electron chi connectivity index (χ1n) is 13.5. The van der Waals surface area contributed by atoms with Crippen LogP contribution in [0.4, 0.5) is 5.69 Å². The maximum Gasteiger partial charge on any atom is 0.267 e. The number of methoxy groups -OCH3 is 1. The molecule has 210 valence electrons. The van der Waals surface area contributed by atoms with Gasteiger partial charge < -0.3 is 10.1 Å². The topological polar surface area (TPSA) is 96.4 Å². The lowest BCUT2D eigenvalue weighted by Crippen LogP contribution is -2.46. The van der Waals surface area contributed by atoms with Gasteiger partial charge in [-0.15, -0.1) is 11.3 Å². The summed E-state index contributed by atoms with van der Waals surface area (Å²) in [6, 6.07) is 13.7. The molecule has 4 aromatic heterocycles. The number of fused-ring (bicyclic) bond motifs is 1. The van der Waals surface area contributed by atoms with E-state index in [0.29, 0.717) is 16.3 Å². The fourth-order valence-electron chi connectivity index (χ4n) is 4.89. The normalized spacial score (nSPS) is 14.5. The van der Waals surface area contributed by atoms with Crippen molar-refractivity contribution in [1.29, 1.82) is 0 Å². The summed E-state index contributed by atoms with van der Waals surface area (Å²) >= 11 is 2.90. The fraction of sp³-hybridized carbons (Fsp3) is 0.300. The van der Waals surface area contributed by atoms with Crippen LogP contribution in [0.3, 0.4) is 0 Å². The maximum atomic E-state index is 13.3. The van der Waals surface area contributed by atoms with E-state index in [0.717, 1.165) is 82.9 Å². The van der Waals surface area contributed by atoms with Crippen LogP contribution in [0.5, 0.6) is 0 Å². The van der Waals surface area contributed by atoms with Gasteiger partial charge in [-0.1, -0.05) is 23.5 Å². The summed E-state index contributed by atoms with van der Waals surface area (Å²) in [6.07, 6.45) is 5.44. The summed E-state index contributed by atoms with van der Waals surface area (Å²) < 4.78 is 5.21. The Labute approximate surface area is 246 Å². The number of carbonyl (C=O) groups is 1. The molecule has 41 heavy (non-hydrogen) atoms. The van der Waals surface area contributed by atoms with E-state index in [1.807, 2.05) is 49.5 Å². The third kappa shape index (κ3) is 6.34. The van der Waals surface area contributed by atoms with Gasteiger partial charge in [-0.3, -0.25) is 19.6 Å². The van der Waals surface area contributed by atoms with Crippen molar-refractivity contribution in [2.75, 3.05) is 51.8 Å². The molecule has 1 saturated heterocycles. The van der Waals surface area contributed by atoms with Gasteiger partial charge in [0.15, 0.2) is 0 Å². The van der Waals surface area contributed by atoms with Crippen LogP contribution in [0.1, 0.15) is 20.9 Å². The predicted octanol–water partition coefficient (Wildman–Crippen LogP) is 5.20. The lowest BCUT2D eigenvalue weighted by molar-refractivity contribution is 0.0938. The molecular weight excluding hydrogens is 555 g/mol. The number of amides is 1. The van der Waals surface area contributed by atoms with Gasteiger partial charge in [0.05, 0.1) is 18.0 Å². The van der Waals surface area contributed by atoms with E-state index in [2.05, 4.69) is 31.2 Å². The van der Waals surface area contributed by atoms with Crippen molar-refractivity contribution in [3.05, 3.63) is 77.2 Å². The molecular formula is C30H31N7O2S2. The zero-order valence-electron chi connectivity index (χ0n) is 23.0. The number of anilines is 1. The number of rotatable bonds is 9. The summed E-state index contributed by atoms with van der Waals surface area (Å²) in [5, 5.41) is 4.70. The van der Waals surface area contributed by atoms with Crippen LogP contribution in [0.15, 0.2) is 61.1 Å². The summed E-state index contributed by atoms with van der Waals surface area (Å²) in [7, 11) is 1.75. The van der Waals surface area contributed by atoms with E-state index < -0.39 is 0 Å². The summed E-state index contributed by atoms with van der Waals surface area (Å²) in [6.45, 7) is 8.63. The molecule has 0 spiro atoms. The van der Waals surface area contributed by atoms with Crippen LogP contribution in [0.2, 0.25) is 0 Å². The number of pyridine rings is 2. The quantitative estimate of drug-likeness (QED) is 0.252. The molecule has 11 heteroatoms. The highest BCUT2D eigenvalue weighted by Crippen LogP contribution is 2.35. The fourth-order valence-corrected chi connectivity index (χ4v) is 6.77. The van der Waals surface area contributed by atoms with Crippen LogP contribution in [-0.4, -0.2) is 82.1 Å². The summed E-state index contributed by atoms with van der Waals surface area (Å²) in [5.74, 6) is -0.188. The Balaban J connectivity index is 1.17. The Morgan fingerprint density at radius 2 is 1.83 bits per heavy atom. The van der Waals surface area contributed by atoms with Crippen LogP contribution >= 0.6 is 22.7 Å². The predicted molar refractivity (Wildman–Crippen MR) is 164 cm³/mol. The van der Waals surface area contributed by atoms with E-state index >= 15 is 0 Å². The standard InChI is InChI=1S/C30H31N7O2S2/c1-20-26(40-28(33-20)22-6-5-9-31-18-22)27(38)34-24-8-4-3-7-23(24)29-35-25-16-21(17-32-30(25)41-29)19-37-12-10-36(11-13-37)14-15-39-2/h3-9,16-18H,10-15,19H2,1-2H3,(H,34,38). The second-order valence-corrected chi connectivity index (χ2v) is 11.9. The Morgan fingerprint density at radius 1 is 1.00 bits per heavy atom. The molecule has 0 unspecified atom stereocenters. The van der Waals surface area contributed by atoms with Crippen molar-refractivity contribution < 1.29 is 9.53 Å². The molecule has 5 heterocycles. The van der Waals surface area contributed by atoms with Crippen LogP contribution in [-0.2, 0) is 11.3 Å². The van der Waals surface area contributed by atoms with Crippen molar-refractivity contribution in [3.8, 4) is 21.1 Å². The average molecular weight is 586 g/mol. The smallest absolute Gasteiger partial charge is 0.267 e. The summed E-state index contributed by atoms with van der Waals surface area (Å²) in [4.78, 5) is 38.2. The van der Waals surface area contributed by atoms with Crippen molar-refractivity contribution in [1.82, 2.24) is 29.7 Å². The highest BCUT2D eigenvalue weighted by atomic mass is 32.1. The highest BCUT2D eigenvalue weighted by Gasteiger charge is 2.20. The van der Waals surface area contributed by atoms with Crippen molar-refractivity contribution in [3.63, 3.8) is 0 Å². The number of hydrogen-bond donors (Lipinski definition) is 1. The molecule has 6 rings (SSSR count). The highest BCUT2D eigenvalue weighted by molar-refractivity contribution is 7.21. The minimum atomic E-state index is -0.188. The lowest BCUT2D eigenvalue weighted by atomic mass is 10.2. The summed E-state index contributed by atoms with van der Waals surface area (Å²) in [5.41, 5.74) is 5.20. The third-order valence-electron chi connectivity index (χ3n) is 7.10. The monoisotopic (exact) mass is 585 g/mol. The molecule has 1 aliphatic rings. The average Bonchev–Trinajstić information content (AvgIpc) is 3.61. The van der Waals surface area contributed by atoms with Crippen molar-refractivity contribution in [2.24, 2.45) is 0 Å². The Morgan fingerprint density at radius 3 is 2.63 bits per heavy atom. The van der Waals surface area contributed by atoms with Gasteiger partial charge in [-0.05, 0) is 42.8 Å². The van der Waals surface area contributed by atoms with E-state index in [1.165, 1.54) is 22.7 Å². The zero-order valence-corrected chi connectivity index (χ0v) is 24.7. The molecule has 1 aliphatic heterocycles. The second-order valence-electron chi connectivity index (χ2n) is 9.97. The number of ether oxygens (including phenoxy) is 1. The number of thiazole rings is 2. The van der Waals surface area contributed by atoms with E-state index in [1.54, 1.807) is 19.5 Å². The number of benzene rings is 1. The Bertz CT molecular complexity index is 1650. The molecule has 5 aromatic rings. The maximum absolute atomic E-state index is 13.3. The molecule has 1 fully saturated rings. The lowest BCUT2D eigenvalue weighted by Gasteiger charge is -2.34. The first-order chi connectivity index (χ1) is 20.1. The number of nitrogens with one attached hydrogen (secondary N) is 1.